The third kappa shape index (κ3) is 5.67. The Labute approximate surface area is 149 Å². The Morgan fingerprint density at radius 1 is 1.08 bits per heavy atom. The van der Waals surface area contributed by atoms with Gasteiger partial charge in [0.25, 0.3) is 5.91 Å². The molecule has 25 heavy (non-hydrogen) atoms. The minimum atomic E-state index is -0.0482. The van der Waals surface area contributed by atoms with Gasteiger partial charge in [-0.15, -0.1) is 0 Å². The second kappa shape index (κ2) is 9.32. The maximum absolute atomic E-state index is 12.5. The minimum absolute atomic E-state index is 0.0482. The molecule has 0 N–H and O–H groups in total. The van der Waals surface area contributed by atoms with E-state index in [-0.39, 0.29) is 5.91 Å². The van der Waals surface area contributed by atoms with Crippen LogP contribution in [0, 0.1) is 6.92 Å². The molecule has 0 fully saturated rings. The van der Waals surface area contributed by atoms with Crippen LogP contribution < -0.4 is 0 Å². The van der Waals surface area contributed by atoms with E-state index < -0.39 is 0 Å². The molecule has 0 bridgehead atoms. The van der Waals surface area contributed by atoms with Gasteiger partial charge in [-0.05, 0) is 43.6 Å². The molecule has 0 aliphatic rings. The van der Waals surface area contributed by atoms with Crippen LogP contribution in [0.5, 0.6) is 0 Å². The zero-order valence-corrected chi connectivity index (χ0v) is 15.7. The van der Waals surface area contributed by atoms with Gasteiger partial charge in [0, 0.05) is 26.1 Å². The number of carbonyl (C=O) groups excluding carboxylic acids is 1. The molecule has 0 spiro atoms. The fourth-order valence-electron chi connectivity index (χ4n) is 2.82. The highest BCUT2D eigenvalue weighted by Crippen LogP contribution is 2.11. The zero-order chi connectivity index (χ0) is 18.2. The van der Waals surface area contributed by atoms with Crippen molar-refractivity contribution in [1.29, 1.82) is 0 Å². The van der Waals surface area contributed by atoms with E-state index in [0.29, 0.717) is 23.8 Å². The third-order valence-electron chi connectivity index (χ3n) is 3.98. The number of benzene rings is 1. The van der Waals surface area contributed by atoms with Gasteiger partial charge in [-0.2, -0.15) is 4.98 Å². The van der Waals surface area contributed by atoms with Gasteiger partial charge in [-0.1, -0.05) is 31.1 Å². The quantitative estimate of drug-likeness (QED) is 0.698. The fraction of sp³-hybridized carbons (Fsp3) is 0.526. The van der Waals surface area contributed by atoms with E-state index in [1.54, 1.807) is 18.9 Å². The van der Waals surface area contributed by atoms with E-state index in [2.05, 4.69) is 28.9 Å². The monoisotopic (exact) mass is 344 g/mol. The van der Waals surface area contributed by atoms with Gasteiger partial charge in [0.05, 0.1) is 6.54 Å². The molecule has 1 heterocycles. The lowest BCUT2D eigenvalue weighted by Crippen LogP contribution is -2.27. The molecular formula is C19H28N4O2. The first-order valence-electron chi connectivity index (χ1n) is 8.89. The molecule has 1 aromatic heterocycles. The van der Waals surface area contributed by atoms with E-state index >= 15 is 0 Å². The van der Waals surface area contributed by atoms with Crippen LogP contribution in [-0.2, 0) is 13.1 Å². The molecule has 0 aliphatic carbocycles. The average Bonchev–Trinajstić information content (AvgIpc) is 3.00. The summed E-state index contributed by atoms with van der Waals surface area (Å²) in [6.45, 7) is 9.59. The molecule has 2 rings (SSSR count). The predicted octanol–water partition coefficient (Wildman–Crippen LogP) is 3.27. The summed E-state index contributed by atoms with van der Waals surface area (Å²) in [7, 11) is 1.74. The summed E-state index contributed by atoms with van der Waals surface area (Å²) >= 11 is 0. The van der Waals surface area contributed by atoms with Crippen LogP contribution in [0.1, 0.15) is 54.3 Å². The molecule has 0 radical (unpaired) electrons. The molecule has 6 heteroatoms. The van der Waals surface area contributed by atoms with Gasteiger partial charge in [0.1, 0.15) is 0 Å². The summed E-state index contributed by atoms with van der Waals surface area (Å²) in [5.41, 5.74) is 1.90. The standard InChI is InChI=1S/C19H28N4O2/c1-5-11-23(12-6-2)13-16-7-9-17(10-8-16)19(24)22(4)14-18-20-15(3)25-21-18/h7-10H,5-6,11-14H2,1-4H3. The maximum Gasteiger partial charge on any atom is 0.254 e. The lowest BCUT2D eigenvalue weighted by Gasteiger charge is -2.21. The van der Waals surface area contributed by atoms with E-state index in [0.717, 1.165) is 32.5 Å². The molecule has 0 aliphatic heterocycles. The van der Waals surface area contributed by atoms with Crippen molar-refractivity contribution >= 4 is 5.91 Å². The summed E-state index contributed by atoms with van der Waals surface area (Å²) in [4.78, 5) is 20.7. The van der Waals surface area contributed by atoms with Crippen LogP contribution in [0.2, 0.25) is 0 Å². The number of aromatic nitrogens is 2. The number of aryl methyl sites for hydroxylation is 1. The van der Waals surface area contributed by atoms with E-state index in [1.165, 1.54) is 5.56 Å². The number of amides is 1. The number of nitrogens with zero attached hydrogens (tertiary/aromatic N) is 4. The molecule has 6 nitrogen and oxygen atoms in total. The van der Waals surface area contributed by atoms with Crippen molar-refractivity contribution in [2.45, 2.75) is 46.7 Å². The average molecular weight is 344 g/mol. The highest BCUT2D eigenvalue weighted by atomic mass is 16.5. The van der Waals surface area contributed by atoms with Crippen molar-refractivity contribution in [1.82, 2.24) is 19.9 Å². The second-order valence-corrected chi connectivity index (χ2v) is 6.36. The van der Waals surface area contributed by atoms with Crippen molar-refractivity contribution in [3.8, 4) is 0 Å². The van der Waals surface area contributed by atoms with Crippen molar-refractivity contribution in [2.24, 2.45) is 0 Å². The molecular weight excluding hydrogens is 316 g/mol. The smallest absolute Gasteiger partial charge is 0.254 e. The van der Waals surface area contributed by atoms with Gasteiger partial charge in [-0.3, -0.25) is 9.69 Å². The highest BCUT2D eigenvalue weighted by molar-refractivity contribution is 5.94. The first-order valence-corrected chi connectivity index (χ1v) is 8.89. The predicted molar refractivity (Wildman–Crippen MR) is 97.1 cm³/mol. The fourth-order valence-corrected chi connectivity index (χ4v) is 2.82. The number of rotatable bonds is 9. The highest BCUT2D eigenvalue weighted by Gasteiger charge is 2.15. The Hall–Kier alpha value is -2.21. The minimum Gasteiger partial charge on any atom is -0.340 e. The lowest BCUT2D eigenvalue weighted by molar-refractivity contribution is 0.0780. The summed E-state index contributed by atoms with van der Waals surface area (Å²) in [5.74, 6) is 0.969. The van der Waals surface area contributed by atoms with Crippen LogP contribution >= 0.6 is 0 Å². The van der Waals surface area contributed by atoms with Crippen molar-refractivity contribution in [2.75, 3.05) is 20.1 Å². The van der Waals surface area contributed by atoms with Gasteiger partial charge in [0.15, 0.2) is 5.82 Å². The topological polar surface area (TPSA) is 62.5 Å². The van der Waals surface area contributed by atoms with E-state index in [4.69, 9.17) is 4.52 Å². The van der Waals surface area contributed by atoms with E-state index in [9.17, 15) is 4.79 Å². The molecule has 0 unspecified atom stereocenters. The normalized spacial score (nSPS) is 11.1. The lowest BCUT2D eigenvalue weighted by atomic mass is 10.1. The number of carbonyl (C=O) groups is 1. The molecule has 136 valence electrons. The molecule has 0 atom stereocenters. The SMILES string of the molecule is CCCN(CCC)Cc1ccc(C(=O)N(C)Cc2noc(C)n2)cc1. The summed E-state index contributed by atoms with van der Waals surface area (Å²) in [6, 6.07) is 7.87. The molecule has 1 aromatic carbocycles. The van der Waals surface area contributed by atoms with Crippen LogP contribution in [-0.4, -0.2) is 46.0 Å². The van der Waals surface area contributed by atoms with E-state index in [1.807, 2.05) is 24.3 Å². The van der Waals surface area contributed by atoms with Gasteiger partial charge in [0.2, 0.25) is 5.89 Å². The number of hydrogen-bond donors (Lipinski definition) is 0. The zero-order valence-electron chi connectivity index (χ0n) is 15.7. The maximum atomic E-state index is 12.5. The first kappa shape index (κ1) is 19.1. The summed E-state index contributed by atoms with van der Waals surface area (Å²) in [6.07, 6.45) is 2.30. The molecule has 0 saturated heterocycles. The van der Waals surface area contributed by atoms with Crippen molar-refractivity contribution < 1.29 is 9.32 Å². The largest absolute Gasteiger partial charge is 0.340 e. The summed E-state index contributed by atoms with van der Waals surface area (Å²) in [5, 5.41) is 3.83. The van der Waals surface area contributed by atoms with Gasteiger partial charge < -0.3 is 9.42 Å². The first-order chi connectivity index (χ1) is 12.0. The molecule has 1 amide bonds. The van der Waals surface area contributed by atoms with Gasteiger partial charge >= 0.3 is 0 Å². The van der Waals surface area contributed by atoms with Gasteiger partial charge in [-0.25, -0.2) is 0 Å². The van der Waals surface area contributed by atoms with Crippen LogP contribution in [0.4, 0.5) is 0 Å². The Balaban J connectivity index is 1.96. The van der Waals surface area contributed by atoms with Crippen LogP contribution in [0.15, 0.2) is 28.8 Å². The third-order valence-corrected chi connectivity index (χ3v) is 3.98. The second-order valence-electron chi connectivity index (χ2n) is 6.36. The van der Waals surface area contributed by atoms with Crippen molar-refractivity contribution in [3.63, 3.8) is 0 Å². The Morgan fingerprint density at radius 2 is 1.72 bits per heavy atom. The number of hydrogen-bond acceptors (Lipinski definition) is 5. The van der Waals surface area contributed by atoms with Crippen molar-refractivity contribution in [3.05, 3.63) is 47.1 Å². The Kier molecular flexibility index (Phi) is 7.13. The van der Waals surface area contributed by atoms with Crippen LogP contribution in [0.25, 0.3) is 0 Å². The molecule has 2 aromatic rings. The van der Waals surface area contributed by atoms with Crippen LogP contribution in [0.3, 0.4) is 0 Å². The Morgan fingerprint density at radius 3 is 2.24 bits per heavy atom. The molecule has 0 saturated carbocycles. The summed E-state index contributed by atoms with van der Waals surface area (Å²) < 4.78 is 4.94. The Bertz CT molecular complexity index is 660.